The van der Waals surface area contributed by atoms with Crippen LogP contribution in [0.3, 0.4) is 0 Å². The summed E-state index contributed by atoms with van der Waals surface area (Å²) in [7, 11) is 0. The van der Waals surface area contributed by atoms with Crippen LogP contribution in [0, 0.1) is 29.1 Å². The largest absolute Gasteiger partial charge is 0.393 e. The van der Waals surface area contributed by atoms with Crippen LogP contribution in [0.5, 0.6) is 0 Å². The Morgan fingerprint density at radius 1 is 1.37 bits per heavy atom. The van der Waals surface area contributed by atoms with Crippen LogP contribution < -0.4 is 0 Å². The van der Waals surface area contributed by atoms with Gasteiger partial charge in [-0.05, 0) is 49.4 Å². The van der Waals surface area contributed by atoms with E-state index in [1.165, 1.54) is 0 Å². The molecule has 1 heterocycles. The Morgan fingerprint density at radius 2 is 2.16 bits per heavy atom. The molecule has 0 bridgehead atoms. The molecule has 3 rings (SSSR count). The second-order valence-corrected chi connectivity index (χ2v) is 7.19. The molecule has 2 saturated carbocycles. The molecule has 0 spiro atoms. The number of aliphatic hydroxyl groups is 1. The highest BCUT2D eigenvalue weighted by molar-refractivity contribution is 5.87. The zero-order valence-electron chi connectivity index (χ0n) is 12.1. The summed E-state index contributed by atoms with van der Waals surface area (Å²) in [6.07, 6.45) is 4.27. The average Bonchev–Trinajstić information content (AvgIpc) is 2.61. The summed E-state index contributed by atoms with van der Waals surface area (Å²) >= 11 is 0. The molecule has 3 fully saturated rings. The summed E-state index contributed by atoms with van der Waals surface area (Å²) < 4.78 is 5.81. The summed E-state index contributed by atoms with van der Waals surface area (Å²) in [5, 5.41) is 10.6. The normalized spacial score (nSPS) is 51.1. The van der Waals surface area contributed by atoms with E-state index in [0.29, 0.717) is 42.3 Å². The number of fused-ring (bicyclic) bond motifs is 3. The number of ether oxygens (including phenoxy) is 1. The van der Waals surface area contributed by atoms with Crippen molar-refractivity contribution >= 4 is 5.78 Å². The first-order valence-corrected chi connectivity index (χ1v) is 7.83. The van der Waals surface area contributed by atoms with Gasteiger partial charge in [-0.2, -0.15) is 0 Å². The Hall–Kier alpha value is -0.410. The monoisotopic (exact) mass is 266 g/mol. The van der Waals surface area contributed by atoms with Gasteiger partial charge in [0.25, 0.3) is 0 Å². The molecule has 0 unspecified atom stereocenters. The molecule has 1 aliphatic heterocycles. The molecular weight excluding hydrogens is 240 g/mol. The van der Waals surface area contributed by atoms with Gasteiger partial charge in [0.2, 0.25) is 0 Å². The van der Waals surface area contributed by atoms with E-state index in [9.17, 15) is 9.90 Å². The second kappa shape index (κ2) is 4.85. The van der Waals surface area contributed by atoms with E-state index in [4.69, 9.17) is 4.74 Å². The van der Waals surface area contributed by atoms with E-state index in [2.05, 4.69) is 13.8 Å². The van der Waals surface area contributed by atoms with Crippen molar-refractivity contribution in [3.05, 3.63) is 0 Å². The van der Waals surface area contributed by atoms with Crippen LogP contribution in [0.4, 0.5) is 0 Å². The van der Waals surface area contributed by atoms with Crippen LogP contribution in [0.2, 0.25) is 0 Å². The Labute approximate surface area is 115 Å². The molecule has 3 heteroatoms. The quantitative estimate of drug-likeness (QED) is 0.732. The first-order chi connectivity index (χ1) is 9.04. The van der Waals surface area contributed by atoms with Gasteiger partial charge in [-0.15, -0.1) is 0 Å². The minimum absolute atomic E-state index is 0.289. The van der Waals surface area contributed by atoms with Crippen LogP contribution in [0.15, 0.2) is 0 Å². The third-order valence-electron chi connectivity index (χ3n) is 6.14. The van der Waals surface area contributed by atoms with Gasteiger partial charge >= 0.3 is 0 Å². The molecule has 0 amide bonds. The van der Waals surface area contributed by atoms with Gasteiger partial charge in [0.15, 0.2) is 0 Å². The lowest BCUT2D eigenvalue weighted by molar-refractivity contribution is -0.145. The maximum atomic E-state index is 12.2. The summed E-state index contributed by atoms with van der Waals surface area (Å²) in [5.41, 5.74) is -0.289. The van der Waals surface area contributed by atoms with Gasteiger partial charge in [-0.3, -0.25) is 4.79 Å². The minimum Gasteiger partial charge on any atom is -0.393 e. The molecule has 19 heavy (non-hydrogen) atoms. The fourth-order valence-electron chi connectivity index (χ4n) is 5.12. The van der Waals surface area contributed by atoms with E-state index in [1.54, 1.807) is 0 Å². The van der Waals surface area contributed by atoms with Crippen molar-refractivity contribution in [2.45, 2.75) is 52.1 Å². The van der Waals surface area contributed by atoms with Crippen molar-refractivity contribution in [1.82, 2.24) is 0 Å². The third-order valence-corrected chi connectivity index (χ3v) is 6.14. The highest BCUT2D eigenvalue weighted by atomic mass is 16.5. The summed E-state index contributed by atoms with van der Waals surface area (Å²) in [6.45, 7) is 5.92. The molecular formula is C16H26O3. The van der Waals surface area contributed by atoms with Crippen LogP contribution >= 0.6 is 0 Å². The Bertz CT molecular complexity index is 367. The fraction of sp³-hybridized carbons (Fsp3) is 0.938. The summed E-state index contributed by atoms with van der Waals surface area (Å²) in [4.78, 5) is 12.2. The van der Waals surface area contributed by atoms with Crippen molar-refractivity contribution in [3.63, 3.8) is 0 Å². The lowest BCUT2D eigenvalue weighted by Gasteiger charge is -2.50. The molecule has 0 radical (unpaired) electrons. The maximum Gasteiger partial charge on any atom is 0.139 e. The molecule has 0 aromatic heterocycles. The lowest BCUT2D eigenvalue weighted by atomic mass is 9.56. The first kappa shape index (κ1) is 13.6. The highest BCUT2D eigenvalue weighted by Gasteiger charge is 2.57. The van der Waals surface area contributed by atoms with Crippen molar-refractivity contribution in [2.75, 3.05) is 13.2 Å². The summed E-state index contributed by atoms with van der Waals surface area (Å²) in [6, 6.07) is 0. The van der Waals surface area contributed by atoms with Gasteiger partial charge in [0.1, 0.15) is 5.78 Å². The number of hydrogen-bond donors (Lipinski definition) is 1. The topological polar surface area (TPSA) is 46.5 Å². The predicted molar refractivity (Wildman–Crippen MR) is 72.7 cm³/mol. The highest BCUT2D eigenvalue weighted by Crippen LogP contribution is 2.56. The standard InChI is InChI=1S/C16H26O3/c1-10-4-3-7-19-9-11-12-5-6-14(18)16(12,2)8-13(17)15(10)11/h10-13,15,17H,3-9H2,1-2H3/t10-,11-,12-,13-,15+,16-/m0/s1. The van der Waals surface area contributed by atoms with Crippen molar-refractivity contribution in [1.29, 1.82) is 0 Å². The molecule has 3 aliphatic rings. The number of Topliss-reactive ketones (excluding diaryl/α,β-unsaturated/α-hetero) is 1. The van der Waals surface area contributed by atoms with Crippen LogP contribution in [-0.4, -0.2) is 30.2 Å². The van der Waals surface area contributed by atoms with E-state index in [-0.39, 0.29) is 11.5 Å². The third kappa shape index (κ3) is 2.06. The van der Waals surface area contributed by atoms with Gasteiger partial charge in [0.05, 0.1) is 12.7 Å². The number of hydrogen-bond acceptors (Lipinski definition) is 3. The number of carbonyl (C=O) groups is 1. The molecule has 3 nitrogen and oxygen atoms in total. The van der Waals surface area contributed by atoms with E-state index >= 15 is 0 Å². The SMILES string of the molecule is C[C@H]1CCCOC[C@@H]2[C@@H]1[C@@H](O)C[C@]1(C)C(=O)CC[C@@H]21. The zero-order chi connectivity index (χ0) is 13.6. The van der Waals surface area contributed by atoms with E-state index < -0.39 is 0 Å². The molecule has 2 aliphatic carbocycles. The Kier molecular flexibility index (Phi) is 3.46. The molecule has 1 saturated heterocycles. The Morgan fingerprint density at radius 3 is 2.95 bits per heavy atom. The number of rotatable bonds is 0. The van der Waals surface area contributed by atoms with E-state index in [1.807, 2.05) is 0 Å². The number of aliphatic hydroxyl groups excluding tert-OH is 1. The lowest BCUT2D eigenvalue weighted by Crippen LogP contribution is -2.52. The van der Waals surface area contributed by atoms with Crippen molar-refractivity contribution < 1.29 is 14.6 Å². The van der Waals surface area contributed by atoms with E-state index in [0.717, 1.165) is 32.5 Å². The number of carbonyl (C=O) groups excluding carboxylic acids is 1. The zero-order valence-corrected chi connectivity index (χ0v) is 12.1. The fourth-order valence-corrected chi connectivity index (χ4v) is 5.12. The smallest absolute Gasteiger partial charge is 0.139 e. The van der Waals surface area contributed by atoms with Crippen molar-refractivity contribution in [3.8, 4) is 0 Å². The van der Waals surface area contributed by atoms with Crippen LogP contribution in [0.25, 0.3) is 0 Å². The second-order valence-electron chi connectivity index (χ2n) is 7.19. The summed E-state index contributed by atoms with van der Waals surface area (Å²) in [5.74, 6) is 2.03. The predicted octanol–water partition coefficient (Wildman–Crippen LogP) is 2.42. The maximum absolute atomic E-state index is 12.2. The molecule has 108 valence electrons. The number of ketones is 1. The minimum atomic E-state index is -0.329. The average molecular weight is 266 g/mol. The van der Waals surface area contributed by atoms with Gasteiger partial charge in [-0.1, -0.05) is 13.8 Å². The first-order valence-electron chi connectivity index (χ1n) is 7.83. The van der Waals surface area contributed by atoms with Crippen LogP contribution in [-0.2, 0) is 9.53 Å². The molecule has 1 N–H and O–H groups in total. The van der Waals surface area contributed by atoms with Crippen molar-refractivity contribution in [2.24, 2.45) is 29.1 Å². The molecule has 6 atom stereocenters. The van der Waals surface area contributed by atoms with Gasteiger partial charge in [-0.25, -0.2) is 0 Å². The Balaban J connectivity index is 1.92. The molecule has 0 aromatic carbocycles. The molecule has 0 aromatic rings. The van der Waals surface area contributed by atoms with Gasteiger partial charge in [0, 0.05) is 18.4 Å². The van der Waals surface area contributed by atoms with Gasteiger partial charge < -0.3 is 9.84 Å². The van der Waals surface area contributed by atoms with Crippen LogP contribution in [0.1, 0.15) is 46.0 Å².